The molecule has 9 heteroatoms. The topological polar surface area (TPSA) is 66.3 Å². The second-order valence-corrected chi connectivity index (χ2v) is 24.5. The van der Waals surface area contributed by atoms with Gasteiger partial charge >= 0.3 is 0 Å². The maximum Gasteiger partial charge on any atom is 0.235 e. The minimum Gasteiger partial charge on any atom is -0.309 e. The standard InChI is InChI=1S/C74H41N7S2/c1-5-25-55-44(16-1)45-35-33-42(39-60(45)80(55)73-75-53-23-12-30-63-69(53)71(77-73)50-18-3-7-28-61(50)82-63)79-56-26-6-2-17-48(56)66-43(20-11-27-57(66)79)41-32-34-49-59(38-41)81(58-37-36-47-46-21-9-14-40-15-10-22-52(65(40)46)67(47)68(49)58)74-76-54-24-13-31-64-70(54)72(78-74)51-19-4-8-29-62(51)83-64/h1-39,46,65H. The van der Waals surface area contributed by atoms with Gasteiger partial charge in [-0.25, -0.2) is 19.9 Å². The average molecular weight is 1090 g/mol. The van der Waals surface area contributed by atoms with Gasteiger partial charge in [-0.2, -0.15) is 0 Å². The van der Waals surface area contributed by atoms with Gasteiger partial charge in [0.2, 0.25) is 11.9 Å². The molecule has 0 radical (unpaired) electrons. The predicted octanol–water partition coefficient (Wildman–Crippen LogP) is 19.0. The molecule has 0 bridgehead atoms. The van der Waals surface area contributed by atoms with Crippen LogP contribution in [0.15, 0.2) is 262 Å². The number of fused-ring (bicyclic) bond motifs is 17. The van der Waals surface area contributed by atoms with Gasteiger partial charge in [-0.05, 0) is 112 Å². The Morgan fingerprint density at radius 2 is 0.964 bits per heavy atom. The lowest BCUT2D eigenvalue weighted by molar-refractivity contribution is 0.721. The van der Waals surface area contributed by atoms with E-state index in [1.165, 1.54) is 63.4 Å². The summed E-state index contributed by atoms with van der Waals surface area (Å²) in [5.74, 6) is 1.90. The molecule has 0 N–H and O–H groups in total. The third kappa shape index (κ3) is 5.96. The smallest absolute Gasteiger partial charge is 0.235 e. The van der Waals surface area contributed by atoms with Crippen LogP contribution < -0.4 is 0 Å². The van der Waals surface area contributed by atoms with Gasteiger partial charge in [0.05, 0.1) is 55.5 Å². The minimum absolute atomic E-state index is 0.279. The van der Waals surface area contributed by atoms with E-state index >= 15 is 0 Å². The highest BCUT2D eigenvalue weighted by atomic mass is 32.2. The Labute approximate surface area is 482 Å². The van der Waals surface area contributed by atoms with E-state index in [1.807, 2.05) is 0 Å². The first-order chi connectivity index (χ1) is 41.2. The van der Waals surface area contributed by atoms with E-state index in [0.717, 1.165) is 105 Å². The van der Waals surface area contributed by atoms with Crippen LogP contribution in [0.4, 0.5) is 0 Å². The molecule has 10 aromatic carbocycles. The van der Waals surface area contributed by atoms with Gasteiger partial charge in [-0.3, -0.25) is 9.13 Å². The first-order valence-corrected chi connectivity index (χ1v) is 29.9. The van der Waals surface area contributed by atoms with Crippen LogP contribution in [0.25, 0.3) is 144 Å². The van der Waals surface area contributed by atoms with E-state index in [9.17, 15) is 0 Å². The number of nitrogens with zero attached hydrogens (tertiary/aromatic N) is 7. The van der Waals surface area contributed by atoms with Gasteiger partial charge in [-0.1, -0.05) is 181 Å². The molecular weight excluding hydrogens is 1050 g/mol. The van der Waals surface area contributed by atoms with Crippen molar-refractivity contribution < 1.29 is 0 Å². The van der Waals surface area contributed by atoms with Gasteiger partial charge in [0, 0.05) is 91.3 Å². The quantitative estimate of drug-likeness (QED) is 0.175. The zero-order valence-corrected chi connectivity index (χ0v) is 45.8. The van der Waals surface area contributed by atoms with Crippen LogP contribution in [0.5, 0.6) is 0 Å². The Kier molecular flexibility index (Phi) is 8.78. The van der Waals surface area contributed by atoms with E-state index in [4.69, 9.17) is 19.9 Å². The molecule has 83 heavy (non-hydrogen) atoms. The Balaban J connectivity index is 0.821. The Morgan fingerprint density at radius 3 is 1.72 bits per heavy atom. The fourth-order valence-corrected chi connectivity index (χ4v) is 17.1. The van der Waals surface area contributed by atoms with Crippen molar-refractivity contribution in [2.24, 2.45) is 5.92 Å². The molecule has 5 aliphatic rings. The molecule has 2 unspecified atom stereocenters. The van der Waals surface area contributed by atoms with Crippen molar-refractivity contribution in [3.8, 4) is 51.2 Å². The van der Waals surface area contributed by atoms with Crippen molar-refractivity contribution in [2.45, 2.75) is 25.5 Å². The van der Waals surface area contributed by atoms with Crippen LogP contribution in [0.1, 0.15) is 17.0 Å². The number of hydrogen-bond acceptors (Lipinski definition) is 6. The summed E-state index contributed by atoms with van der Waals surface area (Å²) in [5.41, 5.74) is 21.4. The van der Waals surface area contributed by atoms with Gasteiger partial charge in [0.1, 0.15) is 0 Å². The fourth-order valence-electron chi connectivity index (χ4n) is 14.9. The first kappa shape index (κ1) is 44.7. The highest BCUT2D eigenvalue weighted by molar-refractivity contribution is 8.00. The normalized spacial score (nSPS) is 16.1. The number of hydrogen-bond donors (Lipinski definition) is 0. The summed E-state index contributed by atoms with van der Waals surface area (Å²) in [6, 6.07) is 73.3. The average Bonchev–Trinajstić information content (AvgIpc) is 2.13. The molecule has 3 aliphatic carbocycles. The number of rotatable bonds is 4. The predicted molar refractivity (Wildman–Crippen MR) is 341 cm³/mol. The lowest BCUT2D eigenvalue weighted by Gasteiger charge is -2.24. The van der Waals surface area contributed by atoms with Crippen molar-refractivity contribution in [1.82, 2.24) is 33.6 Å². The summed E-state index contributed by atoms with van der Waals surface area (Å²) < 4.78 is 7.08. The lowest BCUT2D eigenvalue weighted by Crippen LogP contribution is -2.11. The van der Waals surface area contributed by atoms with E-state index in [0.29, 0.717) is 17.8 Å². The third-order valence-electron chi connectivity index (χ3n) is 18.2. The Morgan fingerprint density at radius 1 is 0.386 bits per heavy atom. The van der Waals surface area contributed by atoms with E-state index in [1.54, 1.807) is 23.5 Å². The van der Waals surface area contributed by atoms with Crippen LogP contribution in [-0.2, 0) is 0 Å². The number of allylic oxidation sites excluding steroid dienone is 8. The van der Waals surface area contributed by atoms with Crippen LogP contribution in [-0.4, -0.2) is 33.6 Å². The molecule has 5 aromatic heterocycles. The number of para-hydroxylation sites is 2. The second-order valence-electron chi connectivity index (χ2n) is 22.4. The highest BCUT2D eigenvalue weighted by Gasteiger charge is 2.41. The maximum atomic E-state index is 5.65. The molecule has 7 nitrogen and oxygen atoms in total. The SMILES string of the molecule is C1=CC2=CC=CC3c4ccc5c(c4C(=C1)C23)c1ccc(-c2cccc3c2c2ccccc2n3-c2ccc3c4ccccc4n(-c4nc6c7c(cccc7n4)Sc4ccccc4-6)c3c2)cc1n5-c1nc2c3c(cccc3n1)Sc1ccccc1-2. The number of aromatic nitrogens is 7. The number of benzene rings is 10. The maximum absolute atomic E-state index is 5.65. The van der Waals surface area contributed by atoms with Crippen LogP contribution in [0.3, 0.4) is 0 Å². The first-order valence-electron chi connectivity index (χ1n) is 28.3. The molecule has 2 atom stereocenters. The van der Waals surface area contributed by atoms with E-state index < -0.39 is 0 Å². The minimum atomic E-state index is 0.279. The fraction of sp³-hybridized carbons (Fsp3) is 0.0270. The Bertz CT molecular complexity index is 5670. The monoisotopic (exact) mass is 1090 g/mol. The molecule has 0 fully saturated rings. The van der Waals surface area contributed by atoms with Crippen molar-refractivity contribution in [2.75, 3.05) is 0 Å². The molecule has 384 valence electrons. The zero-order valence-electron chi connectivity index (χ0n) is 44.1. The van der Waals surface area contributed by atoms with E-state index in [-0.39, 0.29) is 5.92 Å². The van der Waals surface area contributed by atoms with Crippen LogP contribution in [0, 0.1) is 5.92 Å². The Hall–Kier alpha value is -10.1. The molecule has 0 amide bonds. The molecule has 15 aromatic rings. The molecule has 0 saturated carbocycles. The van der Waals surface area contributed by atoms with Crippen LogP contribution in [0.2, 0.25) is 0 Å². The van der Waals surface area contributed by atoms with Crippen molar-refractivity contribution >= 4 is 116 Å². The summed E-state index contributed by atoms with van der Waals surface area (Å²) in [7, 11) is 0. The lowest BCUT2D eigenvalue weighted by atomic mass is 9.79. The summed E-state index contributed by atoms with van der Waals surface area (Å²) in [6.07, 6.45) is 13.8. The summed E-state index contributed by atoms with van der Waals surface area (Å²) in [5, 5.41) is 9.33. The molecular formula is C74H41N7S2. The molecule has 7 heterocycles. The molecule has 20 rings (SSSR count). The highest BCUT2D eigenvalue weighted by Crippen LogP contribution is 2.57. The zero-order chi connectivity index (χ0) is 53.8. The summed E-state index contributed by atoms with van der Waals surface area (Å²) in [4.78, 5) is 26.9. The molecule has 0 spiro atoms. The molecule has 0 saturated heterocycles. The van der Waals surface area contributed by atoms with Crippen molar-refractivity contribution in [1.29, 1.82) is 0 Å². The van der Waals surface area contributed by atoms with E-state index in [2.05, 4.69) is 250 Å². The van der Waals surface area contributed by atoms with Gasteiger partial charge in [0.15, 0.2) is 0 Å². The van der Waals surface area contributed by atoms with Gasteiger partial charge < -0.3 is 4.57 Å². The second kappa shape index (κ2) is 16.3. The molecule has 2 aliphatic heterocycles. The van der Waals surface area contributed by atoms with Crippen molar-refractivity contribution in [3.63, 3.8) is 0 Å². The van der Waals surface area contributed by atoms with Crippen LogP contribution >= 0.6 is 23.5 Å². The van der Waals surface area contributed by atoms with Crippen molar-refractivity contribution in [3.05, 3.63) is 253 Å². The summed E-state index contributed by atoms with van der Waals surface area (Å²) >= 11 is 3.60. The summed E-state index contributed by atoms with van der Waals surface area (Å²) in [6.45, 7) is 0. The largest absolute Gasteiger partial charge is 0.309 e. The van der Waals surface area contributed by atoms with Gasteiger partial charge in [-0.15, -0.1) is 0 Å². The third-order valence-corrected chi connectivity index (χ3v) is 20.5. The van der Waals surface area contributed by atoms with Gasteiger partial charge in [0.25, 0.3) is 0 Å².